The molecule has 1 fully saturated rings. The van der Waals surface area contributed by atoms with Crippen LogP contribution in [-0.4, -0.2) is 20.2 Å². The highest BCUT2D eigenvalue weighted by Gasteiger charge is 2.21. The molecular weight excluding hydrogens is 236 g/mol. The summed E-state index contributed by atoms with van der Waals surface area (Å²) >= 11 is 0. The minimum absolute atomic E-state index is 0.0125. The predicted molar refractivity (Wildman–Crippen MR) is 67.4 cm³/mol. The number of alkyl halides is 2. The molecule has 0 aromatic heterocycles. The Morgan fingerprint density at radius 2 is 2.22 bits per heavy atom. The van der Waals surface area contributed by atoms with Crippen LogP contribution in [0.1, 0.15) is 29.5 Å². The van der Waals surface area contributed by atoms with Gasteiger partial charge in [0.05, 0.1) is 12.7 Å². The number of benzene rings is 1. The summed E-state index contributed by atoms with van der Waals surface area (Å²) < 4.78 is 31.2. The van der Waals surface area contributed by atoms with Crippen molar-refractivity contribution >= 4 is 0 Å². The van der Waals surface area contributed by atoms with E-state index < -0.39 is 6.43 Å². The van der Waals surface area contributed by atoms with Gasteiger partial charge in [-0.3, -0.25) is 0 Å². The summed E-state index contributed by atoms with van der Waals surface area (Å²) in [6.45, 7) is 3.82. The summed E-state index contributed by atoms with van der Waals surface area (Å²) in [6, 6.07) is 3.48. The smallest absolute Gasteiger partial charge is 0.267 e. The van der Waals surface area contributed by atoms with Crippen LogP contribution in [0.4, 0.5) is 8.78 Å². The highest BCUT2D eigenvalue weighted by atomic mass is 19.3. The van der Waals surface area contributed by atoms with Gasteiger partial charge in [-0.25, -0.2) is 8.78 Å². The van der Waals surface area contributed by atoms with Crippen LogP contribution in [0.25, 0.3) is 0 Å². The first-order valence-electron chi connectivity index (χ1n) is 6.28. The number of hydrogen-bond donors (Lipinski definition) is 1. The maximum Gasteiger partial charge on any atom is 0.267 e. The summed E-state index contributed by atoms with van der Waals surface area (Å²) in [5.74, 6) is 0.883. The molecule has 2 rings (SSSR count). The largest absolute Gasteiger partial charge is 0.496 e. The highest BCUT2D eigenvalue weighted by Crippen LogP contribution is 2.35. The first-order valence-corrected chi connectivity index (χ1v) is 6.28. The van der Waals surface area contributed by atoms with Crippen LogP contribution in [0.2, 0.25) is 0 Å². The standard InChI is InChI=1S/C14H19F2NO/c1-9-5-11(7-10-3-4-17-8-10)13(18-2)12(6-9)14(15)16/h5-6,10,14,17H,3-4,7-8H2,1-2H3. The van der Waals surface area contributed by atoms with Gasteiger partial charge in [0.25, 0.3) is 6.43 Å². The van der Waals surface area contributed by atoms with Crippen LogP contribution in [0.5, 0.6) is 5.75 Å². The number of halogens is 2. The van der Waals surface area contributed by atoms with Crippen LogP contribution in [0.15, 0.2) is 12.1 Å². The molecule has 1 heterocycles. The number of methoxy groups -OCH3 is 1. The van der Waals surface area contributed by atoms with E-state index >= 15 is 0 Å². The van der Waals surface area contributed by atoms with Gasteiger partial charge in [-0.2, -0.15) is 0 Å². The molecule has 0 amide bonds. The van der Waals surface area contributed by atoms with Gasteiger partial charge in [0, 0.05) is 0 Å². The van der Waals surface area contributed by atoms with Gasteiger partial charge >= 0.3 is 0 Å². The van der Waals surface area contributed by atoms with Crippen molar-refractivity contribution in [1.29, 1.82) is 0 Å². The summed E-state index contributed by atoms with van der Waals surface area (Å²) in [5.41, 5.74) is 1.78. The average Bonchev–Trinajstić information content (AvgIpc) is 2.81. The molecule has 1 aliphatic rings. The van der Waals surface area contributed by atoms with E-state index in [1.165, 1.54) is 13.2 Å². The van der Waals surface area contributed by atoms with Gasteiger partial charge in [-0.1, -0.05) is 11.6 Å². The Balaban J connectivity index is 2.31. The molecule has 0 spiro atoms. The van der Waals surface area contributed by atoms with Gasteiger partial charge in [0.1, 0.15) is 5.75 Å². The normalized spacial score (nSPS) is 19.5. The van der Waals surface area contributed by atoms with E-state index in [9.17, 15) is 8.78 Å². The maximum absolute atomic E-state index is 13.0. The Morgan fingerprint density at radius 1 is 1.44 bits per heavy atom. The molecule has 0 radical (unpaired) electrons. The summed E-state index contributed by atoms with van der Waals surface area (Å²) in [7, 11) is 1.47. The molecule has 1 saturated heterocycles. The second kappa shape index (κ2) is 5.65. The Labute approximate surface area is 106 Å². The summed E-state index contributed by atoms with van der Waals surface area (Å²) in [5, 5.41) is 3.29. The predicted octanol–water partition coefficient (Wildman–Crippen LogP) is 3.09. The molecule has 1 aromatic carbocycles. The van der Waals surface area contributed by atoms with Gasteiger partial charge in [0.2, 0.25) is 0 Å². The number of aryl methyl sites for hydroxylation is 1. The van der Waals surface area contributed by atoms with Crippen LogP contribution in [0.3, 0.4) is 0 Å². The average molecular weight is 255 g/mol. The molecule has 1 atom stereocenters. The van der Waals surface area contributed by atoms with E-state index in [-0.39, 0.29) is 5.56 Å². The molecule has 1 N–H and O–H groups in total. The van der Waals surface area contributed by atoms with Crippen molar-refractivity contribution < 1.29 is 13.5 Å². The Morgan fingerprint density at radius 3 is 2.78 bits per heavy atom. The lowest BCUT2D eigenvalue weighted by Crippen LogP contribution is -2.12. The van der Waals surface area contributed by atoms with E-state index in [0.717, 1.165) is 37.1 Å². The quantitative estimate of drug-likeness (QED) is 0.892. The van der Waals surface area contributed by atoms with Gasteiger partial charge < -0.3 is 10.1 Å². The van der Waals surface area contributed by atoms with E-state index in [1.807, 2.05) is 13.0 Å². The van der Waals surface area contributed by atoms with Crippen LogP contribution >= 0.6 is 0 Å². The van der Waals surface area contributed by atoms with Crippen molar-refractivity contribution in [2.75, 3.05) is 20.2 Å². The highest BCUT2D eigenvalue weighted by molar-refractivity contribution is 5.45. The maximum atomic E-state index is 13.0. The third-order valence-corrected chi connectivity index (χ3v) is 3.45. The fourth-order valence-electron chi connectivity index (χ4n) is 2.64. The van der Waals surface area contributed by atoms with Crippen molar-refractivity contribution in [3.8, 4) is 5.75 Å². The number of ether oxygens (including phenoxy) is 1. The molecular formula is C14H19F2NO. The lowest BCUT2D eigenvalue weighted by Gasteiger charge is -2.17. The third kappa shape index (κ3) is 2.80. The molecule has 2 nitrogen and oxygen atoms in total. The molecule has 0 saturated carbocycles. The number of nitrogens with one attached hydrogen (secondary N) is 1. The first-order chi connectivity index (χ1) is 8.61. The molecule has 1 unspecified atom stereocenters. The van der Waals surface area contributed by atoms with Gasteiger partial charge in [-0.05, 0) is 50.4 Å². The SMILES string of the molecule is COc1c(CC2CCNC2)cc(C)cc1C(F)F. The topological polar surface area (TPSA) is 21.3 Å². The molecule has 0 bridgehead atoms. The molecule has 0 aliphatic carbocycles. The first kappa shape index (κ1) is 13.3. The van der Waals surface area contributed by atoms with E-state index in [4.69, 9.17) is 4.74 Å². The second-order valence-corrected chi connectivity index (χ2v) is 4.91. The zero-order valence-corrected chi connectivity index (χ0v) is 10.8. The molecule has 4 heteroatoms. The minimum Gasteiger partial charge on any atom is -0.496 e. The monoisotopic (exact) mass is 255 g/mol. The molecule has 100 valence electrons. The fourth-order valence-corrected chi connectivity index (χ4v) is 2.64. The van der Waals surface area contributed by atoms with Crippen molar-refractivity contribution in [3.05, 3.63) is 28.8 Å². The van der Waals surface area contributed by atoms with E-state index in [1.54, 1.807) is 0 Å². The van der Waals surface area contributed by atoms with Gasteiger partial charge in [0.15, 0.2) is 0 Å². The Hall–Kier alpha value is -1.16. The van der Waals surface area contributed by atoms with Crippen molar-refractivity contribution in [2.45, 2.75) is 26.2 Å². The second-order valence-electron chi connectivity index (χ2n) is 4.91. The van der Waals surface area contributed by atoms with Gasteiger partial charge in [-0.15, -0.1) is 0 Å². The van der Waals surface area contributed by atoms with E-state index in [2.05, 4.69) is 5.32 Å². The van der Waals surface area contributed by atoms with Crippen LogP contribution in [0, 0.1) is 12.8 Å². The minimum atomic E-state index is -2.49. The molecule has 1 aliphatic heterocycles. The fraction of sp³-hybridized carbons (Fsp3) is 0.571. The Bertz CT molecular complexity index is 415. The number of hydrogen-bond acceptors (Lipinski definition) is 2. The van der Waals surface area contributed by atoms with Crippen molar-refractivity contribution in [1.82, 2.24) is 5.32 Å². The number of rotatable bonds is 4. The van der Waals surface area contributed by atoms with Crippen molar-refractivity contribution in [3.63, 3.8) is 0 Å². The lowest BCUT2D eigenvalue weighted by molar-refractivity contribution is 0.146. The van der Waals surface area contributed by atoms with Crippen molar-refractivity contribution in [2.24, 2.45) is 5.92 Å². The zero-order valence-electron chi connectivity index (χ0n) is 10.8. The van der Waals surface area contributed by atoms with E-state index in [0.29, 0.717) is 11.7 Å². The molecule has 1 aromatic rings. The zero-order chi connectivity index (χ0) is 13.1. The third-order valence-electron chi connectivity index (χ3n) is 3.45. The summed E-state index contributed by atoms with van der Waals surface area (Å²) in [6.07, 6.45) is -0.584. The molecule has 18 heavy (non-hydrogen) atoms. The van der Waals surface area contributed by atoms with Crippen LogP contribution in [-0.2, 0) is 6.42 Å². The van der Waals surface area contributed by atoms with Crippen LogP contribution < -0.4 is 10.1 Å². The Kier molecular flexibility index (Phi) is 4.17. The lowest BCUT2D eigenvalue weighted by atomic mass is 9.94. The summed E-state index contributed by atoms with van der Waals surface area (Å²) in [4.78, 5) is 0.